The number of pyridine rings is 1. The summed E-state index contributed by atoms with van der Waals surface area (Å²) in [6, 6.07) is 13.4. The molecule has 2 aromatic rings. The molecule has 0 radical (unpaired) electrons. The van der Waals surface area contributed by atoms with E-state index in [1.807, 2.05) is 0 Å². The minimum absolute atomic E-state index is 0.278. The fourth-order valence-electron chi connectivity index (χ4n) is 4.09. The fraction of sp³-hybridized carbons (Fsp3) is 0.476. The van der Waals surface area contributed by atoms with Crippen molar-refractivity contribution in [3.05, 3.63) is 47.5 Å². The van der Waals surface area contributed by atoms with Crippen LogP contribution in [0.2, 0.25) is 0 Å². The average molecular weight is 321 g/mol. The number of aryl methyl sites for hydroxylation is 1. The molecule has 1 N–H and O–H groups in total. The topological polar surface area (TPSA) is 28.2 Å². The second-order valence-electron chi connectivity index (χ2n) is 7.73. The van der Waals surface area contributed by atoms with Gasteiger partial charge in [-0.15, -0.1) is 0 Å². The summed E-state index contributed by atoms with van der Waals surface area (Å²) in [7, 11) is 0. The molecule has 0 atom stereocenters. The Bertz CT molecular complexity index is 730. The molecular formula is C21H27N3. The standard InChI is InChI=1S/C21H27N3/c1-21(2)10-4-5-16-8-9-17(15-18(16)21)19-6-3-7-20(23-19)24-13-11-22-12-14-24/h3,6-9,15,22H,4-5,10-14H2,1-2H3. The van der Waals surface area contributed by atoms with Crippen molar-refractivity contribution in [3.8, 4) is 11.3 Å². The summed E-state index contributed by atoms with van der Waals surface area (Å²) in [6.45, 7) is 8.90. The van der Waals surface area contributed by atoms with E-state index in [0.29, 0.717) is 0 Å². The van der Waals surface area contributed by atoms with Gasteiger partial charge in [0.2, 0.25) is 0 Å². The van der Waals surface area contributed by atoms with Crippen molar-refractivity contribution in [2.45, 2.75) is 38.5 Å². The molecule has 1 aromatic carbocycles. The number of fused-ring (bicyclic) bond motifs is 1. The molecule has 3 nitrogen and oxygen atoms in total. The maximum atomic E-state index is 4.96. The number of anilines is 1. The lowest BCUT2D eigenvalue weighted by Crippen LogP contribution is -2.43. The smallest absolute Gasteiger partial charge is 0.129 e. The number of piperazine rings is 1. The van der Waals surface area contributed by atoms with Gasteiger partial charge in [-0.2, -0.15) is 0 Å². The Morgan fingerprint density at radius 1 is 1.08 bits per heavy atom. The number of aromatic nitrogens is 1. The first-order valence-corrected chi connectivity index (χ1v) is 9.20. The van der Waals surface area contributed by atoms with Crippen LogP contribution in [0.1, 0.15) is 37.8 Å². The highest BCUT2D eigenvalue weighted by Gasteiger charge is 2.27. The highest BCUT2D eigenvalue weighted by atomic mass is 15.2. The minimum Gasteiger partial charge on any atom is -0.354 e. The minimum atomic E-state index is 0.278. The first-order valence-electron chi connectivity index (χ1n) is 9.20. The molecule has 0 unspecified atom stereocenters. The van der Waals surface area contributed by atoms with E-state index >= 15 is 0 Å². The van der Waals surface area contributed by atoms with Gasteiger partial charge in [-0.1, -0.05) is 32.0 Å². The zero-order chi connectivity index (χ0) is 16.6. The normalized spacial score (nSPS) is 19.8. The van der Waals surface area contributed by atoms with Crippen LogP contribution in [-0.2, 0) is 11.8 Å². The number of hydrogen-bond donors (Lipinski definition) is 1. The van der Waals surface area contributed by atoms with E-state index in [1.165, 1.54) is 36.0 Å². The maximum Gasteiger partial charge on any atom is 0.129 e. The van der Waals surface area contributed by atoms with Gasteiger partial charge in [-0.25, -0.2) is 4.98 Å². The maximum absolute atomic E-state index is 4.96. The van der Waals surface area contributed by atoms with Crippen molar-refractivity contribution in [2.75, 3.05) is 31.1 Å². The van der Waals surface area contributed by atoms with Crippen LogP contribution in [0.5, 0.6) is 0 Å². The first-order chi connectivity index (χ1) is 11.6. The molecule has 0 spiro atoms. The molecule has 126 valence electrons. The molecule has 1 aromatic heterocycles. The van der Waals surface area contributed by atoms with E-state index in [4.69, 9.17) is 4.98 Å². The third-order valence-electron chi connectivity index (χ3n) is 5.56. The predicted octanol–water partition coefficient (Wildman–Crippen LogP) is 3.77. The van der Waals surface area contributed by atoms with Crippen LogP contribution in [0.15, 0.2) is 36.4 Å². The average Bonchev–Trinajstić information content (AvgIpc) is 2.62. The monoisotopic (exact) mass is 321 g/mol. The molecule has 0 amide bonds. The van der Waals surface area contributed by atoms with E-state index in [2.05, 4.69) is 60.5 Å². The number of benzene rings is 1. The van der Waals surface area contributed by atoms with E-state index in [1.54, 1.807) is 0 Å². The molecule has 0 bridgehead atoms. The summed E-state index contributed by atoms with van der Waals surface area (Å²) in [4.78, 5) is 7.34. The summed E-state index contributed by atoms with van der Waals surface area (Å²) in [6.07, 6.45) is 3.79. The van der Waals surface area contributed by atoms with Gasteiger partial charge in [-0.3, -0.25) is 0 Å². The van der Waals surface area contributed by atoms with E-state index < -0.39 is 0 Å². The van der Waals surface area contributed by atoms with Crippen LogP contribution in [-0.4, -0.2) is 31.2 Å². The summed E-state index contributed by atoms with van der Waals surface area (Å²) >= 11 is 0. The quantitative estimate of drug-likeness (QED) is 0.912. The van der Waals surface area contributed by atoms with Gasteiger partial charge >= 0.3 is 0 Å². The Balaban J connectivity index is 1.69. The van der Waals surface area contributed by atoms with Gasteiger partial charge < -0.3 is 10.2 Å². The summed E-state index contributed by atoms with van der Waals surface area (Å²) in [5.41, 5.74) is 5.66. The van der Waals surface area contributed by atoms with Gasteiger partial charge in [0.25, 0.3) is 0 Å². The zero-order valence-corrected chi connectivity index (χ0v) is 14.8. The van der Waals surface area contributed by atoms with E-state index in [0.717, 1.165) is 37.7 Å². The van der Waals surface area contributed by atoms with Crippen molar-refractivity contribution in [2.24, 2.45) is 0 Å². The van der Waals surface area contributed by atoms with E-state index in [-0.39, 0.29) is 5.41 Å². The third-order valence-corrected chi connectivity index (χ3v) is 5.56. The molecule has 1 fully saturated rings. The van der Waals surface area contributed by atoms with Crippen molar-refractivity contribution in [1.29, 1.82) is 0 Å². The third kappa shape index (κ3) is 2.93. The number of nitrogens with one attached hydrogen (secondary N) is 1. The molecule has 1 aliphatic heterocycles. The molecule has 4 rings (SSSR count). The predicted molar refractivity (Wildman–Crippen MR) is 101 cm³/mol. The van der Waals surface area contributed by atoms with Gasteiger partial charge in [0, 0.05) is 31.7 Å². The Kier molecular flexibility index (Phi) is 4.05. The van der Waals surface area contributed by atoms with Crippen molar-refractivity contribution < 1.29 is 0 Å². The lowest BCUT2D eigenvalue weighted by atomic mass is 9.72. The van der Waals surface area contributed by atoms with Gasteiger partial charge in [0.05, 0.1) is 5.69 Å². The van der Waals surface area contributed by atoms with Crippen molar-refractivity contribution in [1.82, 2.24) is 10.3 Å². The van der Waals surface area contributed by atoms with Crippen LogP contribution < -0.4 is 10.2 Å². The van der Waals surface area contributed by atoms with Crippen LogP contribution >= 0.6 is 0 Å². The lowest BCUT2D eigenvalue weighted by Gasteiger charge is -2.33. The second kappa shape index (κ2) is 6.21. The van der Waals surface area contributed by atoms with Crippen LogP contribution in [0, 0.1) is 0 Å². The Morgan fingerprint density at radius 2 is 1.92 bits per heavy atom. The lowest BCUT2D eigenvalue weighted by molar-refractivity contribution is 0.432. The zero-order valence-electron chi connectivity index (χ0n) is 14.8. The Morgan fingerprint density at radius 3 is 2.75 bits per heavy atom. The van der Waals surface area contributed by atoms with Crippen molar-refractivity contribution >= 4 is 5.82 Å². The fourth-order valence-corrected chi connectivity index (χ4v) is 4.09. The largest absolute Gasteiger partial charge is 0.354 e. The van der Waals surface area contributed by atoms with Crippen LogP contribution in [0.4, 0.5) is 5.82 Å². The van der Waals surface area contributed by atoms with Crippen LogP contribution in [0.3, 0.4) is 0 Å². The highest BCUT2D eigenvalue weighted by Crippen LogP contribution is 2.38. The molecule has 3 heteroatoms. The second-order valence-corrected chi connectivity index (χ2v) is 7.73. The molecule has 1 aliphatic carbocycles. The number of rotatable bonds is 2. The van der Waals surface area contributed by atoms with E-state index in [9.17, 15) is 0 Å². The van der Waals surface area contributed by atoms with Crippen molar-refractivity contribution in [3.63, 3.8) is 0 Å². The summed E-state index contributed by atoms with van der Waals surface area (Å²) < 4.78 is 0. The highest BCUT2D eigenvalue weighted by molar-refractivity contribution is 5.64. The molecule has 1 saturated heterocycles. The molecule has 24 heavy (non-hydrogen) atoms. The Hall–Kier alpha value is -1.87. The molecule has 2 heterocycles. The van der Waals surface area contributed by atoms with Crippen LogP contribution in [0.25, 0.3) is 11.3 Å². The first kappa shape index (κ1) is 15.6. The Labute approximate surface area is 145 Å². The molecular weight excluding hydrogens is 294 g/mol. The number of hydrogen-bond acceptors (Lipinski definition) is 3. The molecule has 0 saturated carbocycles. The summed E-state index contributed by atoms with van der Waals surface area (Å²) in [5.74, 6) is 1.10. The van der Waals surface area contributed by atoms with Gasteiger partial charge in [0.1, 0.15) is 5.82 Å². The molecule has 2 aliphatic rings. The SMILES string of the molecule is CC1(C)CCCc2ccc(-c3cccc(N4CCNCC4)n3)cc21. The number of nitrogens with zero attached hydrogens (tertiary/aromatic N) is 2. The summed E-state index contributed by atoms with van der Waals surface area (Å²) in [5, 5.41) is 3.40. The van der Waals surface area contributed by atoms with Gasteiger partial charge in [-0.05, 0) is 54.0 Å². The van der Waals surface area contributed by atoms with Gasteiger partial charge in [0.15, 0.2) is 0 Å².